The van der Waals surface area contributed by atoms with E-state index in [9.17, 15) is 74.6 Å². The number of alkyl halides is 16. The Balaban J connectivity index is 0.000000682. The molecule has 0 radical (unpaired) electrons. The number of rotatable bonds is 2. The van der Waals surface area contributed by atoms with E-state index >= 15 is 0 Å². The van der Waals surface area contributed by atoms with Crippen molar-refractivity contribution in [3.8, 4) is 0 Å². The highest BCUT2D eigenvalue weighted by molar-refractivity contribution is 5.47. The van der Waals surface area contributed by atoms with Crippen molar-refractivity contribution in [2.45, 2.75) is 36.6 Å². The lowest BCUT2D eigenvalue weighted by Gasteiger charge is -2.19. The summed E-state index contributed by atoms with van der Waals surface area (Å²) in [5.41, 5.74) is -5.37. The van der Waals surface area contributed by atoms with Crippen LogP contribution in [0.5, 0.6) is 0 Å². The number of halogens is 17. The fourth-order valence-corrected chi connectivity index (χ4v) is 2.28. The van der Waals surface area contributed by atoms with Crippen molar-refractivity contribution in [2.24, 2.45) is 14.1 Å². The smallest absolute Gasteiger partial charge is 0.383 e. The Hall–Kier alpha value is -3.01. The lowest BCUT2D eigenvalue weighted by molar-refractivity contribution is -0.292. The summed E-state index contributed by atoms with van der Waals surface area (Å²) in [7, 11) is 1.20. The fraction of sp³-hybridized carbons (Fsp3) is 0.571. The summed E-state index contributed by atoms with van der Waals surface area (Å²) in [6.45, 7) is 0. The largest absolute Gasteiger partial charge is 0.459 e. The number of hydrogen-bond acceptors (Lipinski definition) is 4. The van der Waals surface area contributed by atoms with Crippen LogP contribution in [0.25, 0.3) is 0 Å². The average Bonchev–Trinajstić information content (AvgIpc) is 3.10. The molecule has 0 fully saturated rings. The molecule has 37 heavy (non-hydrogen) atoms. The molecule has 0 unspecified atom stereocenters. The molecule has 5 N–H and O–H groups in total. The number of anilines is 1. The molecule has 0 amide bonds. The second-order valence-corrected chi connectivity index (χ2v) is 6.51. The van der Waals surface area contributed by atoms with Crippen molar-refractivity contribution in [2.75, 3.05) is 5.73 Å². The number of nitrogens with zero attached hydrogens (tertiary/aromatic N) is 4. The second-order valence-electron chi connectivity index (χ2n) is 6.51. The van der Waals surface area contributed by atoms with Crippen LogP contribution in [0.15, 0.2) is 0 Å². The van der Waals surface area contributed by atoms with Crippen molar-refractivity contribution in [3.05, 3.63) is 28.5 Å². The van der Waals surface area contributed by atoms with Crippen molar-refractivity contribution in [1.29, 1.82) is 0 Å². The number of hydrogen-bond donors (Lipinski definition) is 2. The molecule has 0 spiro atoms. The molecule has 0 bridgehead atoms. The van der Waals surface area contributed by atoms with Crippen LogP contribution in [-0.2, 0) is 38.3 Å². The zero-order chi connectivity index (χ0) is 29.0. The normalized spacial score (nSPS) is 13.7. The summed E-state index contributed by atoms with van der Waals surface area (Å²) < 4.78 is 210. The first-order chi connectivity index (χ1) is 15.6. The Morgan fingerprint density at radius 1 is 0.568 bits per heavy atom. The van der Waals surface area contributed by atoms with Crippen molar-refractivity contribution < 1.29 is 74.6 Å². The van der Waals surface area contributed by atoms with Gasteiger partial charge in [-0.3, -0.25) is 4.68 Å². The zero-order valence-electron chi connectivity index (χ0n) is 17.5. The van der Waals surface area contributed by atoms with E-state index in [4.69, 9.17) is 5.73 Å². The third-order valence-electron chi connectivity index (χ3n) is 3.94. The lowest BCUT2D eigenvalue weighted by atomic mass is 10.1. The quantitative estimate of drug-likeness (QED) is 0.418. The molecule has 0 aliphatic heterocycles. The molecule has 216 valence electrons. The topological polar surface area (TPSA) is 96.7 Å². The zero-order valence-corrected chi connectivity index (χ0v) is 17.5. The molecular formula is C14H11F17N6. The van der Waals surface area contributed by atoms with E-state index in [1.54, 1.807) is 0 Å². The molecule has 0 aliphatic rings. The highest BCUT2D eigenvalue weighted by Gasteiger charge is 2.65. The van der Waals surface area contributed by atoms with E-state index < -0.39 is 70.8 Å². The van der Waals surface area contributed by atoms with Gasteiger partial charge in [0, 0.05) is 14.1 Å². The molecule has 0 saturated carbocycles. The lowest BCUT2D eigenvalue weighted by Crippen LogP contribution is -2.36. The monoisotopic (exact) mass is 586 g/mol. The molecule has 0 saturated heterocycles. The summed E-state index contributed by atoms with van der Waals surface area (Å²) in [6.07, 6.45) is -23.7. The molecule has 0 atom stereocenters. The minimum absolute atomic E-state index is 0. The van der Waals surface area contributed by atoms with Crippen molar-refractivity contribution in [1.82, 2.24) is 25.7 Å². The van der Waals surface area contributed by atoms with Crippen LogP contribution >= 0.6 is 0 Å². The number of nitrogens with two attached hydrogens (primary N) is 1. The van der Waals surface area contributed by atoms with Gasteiger partial charge in [-0.25, -0.2) is 4.68 Å². The Morgan fingerprint density at radius 3 is 1.16 bits per heavy atom. The van der Waals surface area contributed by atoms with Gasteiger partial charge >= 0.3 is 36.6 Å². The maximum absolute atomic E-state index is 12.9. The van der Waals surface area contributed by atoms with Gasteiger partial charge in [0.15, 0.2) is 11.4 Å². The van der Waals surface area contributed by atoms with Gasteiger partial charge in [-0.1, -0.05) is 0 Å². The summed E-state index contributed by atoms with van der Waals surface area (Å²) in [4.78, 5) is 0. The van der Waals surface area contributed by atoms with Gasteiger partial charge in [0.05, 0.1) is 0 Å². The van der Waals surface area contributed by atoms with E-state index in [1.165, 1.54) is 0 Å². The molecule has 2 rings (SSSR count). The maximum atomic E-state index is 12.9. The second kappa shape index (κ2) is 9.70. The van der Waals surface area contributed by atoms with Gasteiger partial charge in [0.25, 0.3) is 0 Å². The summed E-state index contributed by atoms with van der Waals surface area (Å²) in [5.74, 6) is -15.3. The van der Waals surface area contributed by atoms with E-state index in [2.05, 4.69) is 10.2 Å². The Kier molecular flexibility index (Phi) is 8.91. The predicted molar refractivity (Wildman–Crippen MR) is 85.7 cm³/mol. The molecule has 2 heterocycles. The van der Waals surface area contributed by atoms with Gasteiger partial charge in [-0.2, -0.15) is 84.8 Å². The first kappa shape index (κ1) is 34.0. The molecule has 2 aromatic heterocycles. The van der Waals surface area contributed by atoms with Crippen LogP contribution in [-0.4, -0.2) is 31.9 Å². The van der Waals surface area contributed by atoms with Crippen LogP contribution in [0.1, 0.15) is 22.5 Å². The minimum Gasteiger partial charge on any atom is -0.383 e. The van der Waals surface area contributed by atoms with E-state index in [1.807, 2.05) is 0 Å². The summed E-state index contributed by atoms with van der Waals surface area (Å²) in [6, 6.07) is 0. The summed E-state index contributed by atoms with van der Waals surface area (Å²) in [5, 5.41) is 4.78. The van der Waals surface area contributed by atoms with Gasteiger partial charge in [0.2, 0.25) is 5.95 Å². The standard InChI is InChI=1S/C7H3F9N2.C7H5F8N3.H3N/c1-18-4(8)2(6(11,12)13)3(17-18)5(9,10)7(14,15)16;1-18-4(16)2(6(10,11)12)3(17-18)5(8,9)7(13,14)15;/h1H3;16H2,1H3;1H3. The van der Waals surface area contributed by atoms with Crippen LogP contribution in [0, 0.1) is 5.95 Å². The van der Waals surface area contributed by atoms with Crippen LogP contribution in [0.3, 0.4) is 0 Å². The Labute approximate surface area is 192 Å². The fourth-order valence-electron chi connectivity index (χ4n) is 2.28. The Bertz CT molecular complexity index is 996. The third kappa shape index (κ3) is 6.29. The third-order valence-corrected chi connectivity index (χ3v) is 3.94. The number of nitrogen functional groups attached to an aromatic ring is 1. The van der Waals surface area contributed by atoms with E-state index in [0.717, 1.165) is 7.05 Å². The molecule has 6 nitrogen and oxygen atoms in total. The van der Waals surface area contributed by atoms with Crippen molar-refractivity contribution >= 4 is 5.82 Å². The van der Waals surface area contributed by atoms with E-state index in [-0.39, 0.29) is 15.5 Å². The highest BCUT2D eigenvalue weighted by atomic mass is 19.4. The number of aryl methyl sites for hydroxylation is 2. The maximum Gasteiger partial charge on any atom is 0.459 e. The van der Waals surface area contributed by atoms with Gasteiger partial charge < -0.3 is 11.9 Å². The van der Waals surface area contributed by atoms with E-state index in [0.29, 0.717) is 7.05 Å². The van der Waals surface area contributed by atoms with Gasteiger partial charge in [-0.05, 0) is 0 Å². The predicted octanol–water partition coefficient (Wildman–Crippen LogP) is 6.07. The SMILES string of the molecule is Cn1nc(C(F)(F)C(F)(F)F)c(C(F)(F)F)c1F.Cn1nc(C(F)(F)C(F)(F)F)c(C(F)(F)F)c1N.N. The molecule has 23 heteroatoms. The van der Waals surface area contributed by atoms with Crippen LogP contribution in [0.4, 0.5) is 80.5 Å². The minimum atomic E-state index is -6.31. The van der Waals surface area contributed by atoms with Gasteiger partial charge in [-0.15, -0.1) is 0 Å². The molecule has 2 aromatic rings. The first-order valence-electron chi connectivity index (χ1n) is 8.19. The van der Waals surface area contributed by atoms with Gasteiger partial charge in [0.1, 0.15) is 16.9 Å². The highest BCUT2D eigenvalue weighted by Crippen LogP contribution is 2.50. The number of aromatic nitrogens is 4. The van der Waals surface area contributed by atoms with Crippen LogP contribution < -0.4 is 11.9 Å². The van der Waals surface area contributed by atoms with Crippen molar-refractivity contribution in [3.63, 3.8) is 0 Å². The van der Waals surface area contributed by atoms with Crippen LogP contribution in [0.2, 0.25) is 0 Å². The summed E-state index contributed by atoms with van der Waals surface area (Å²) >= 11 is 0. The molecule has 0 aliphatic carbocycles. The first-order valence-corrected chi connectivity index (χ1v) is 8.19. The molecule has 0 aromatic carbocycles. The molecular weight excluding hydrogens is 575 g/mol. The average molecular weight is 586 g/mol. The Morgan fingerprint density at radius 2 is 0.865 bits per heavy atom.